The van der Waals surface area contributed by atoms with E-state index in [9.17, 15) is 4.79 Å². The summed E-state index contributed by atoms with van der Waals surface area (Å²) in [4.78, 5) is 27.9. The lowest BCUT2D eigenvalue weighted by Gasteiger charge is -2.29. The van der Waals surface area contributed by atoms with Crippen molar-refractivity contribution in [3.63, 3.8) is 0 Å². The van der Waals surface area contributed by atoms with E-state index >= 15 is 0 Å². The third-order valence-corrected chi connectivity index (χ3v) is 4.69. The molecule has 1 aliphatic rings. The van der Waals surface area contributed by atoms with Crippen molar-refractivity contribution in [2.24, 2.45) is 0 Å². The molecule has 0 unspecified atom stereocenters. The summed E-state index contributed by atoms with van der Waals surface area (Å²) in [5, 5.41) is 4.10. The van der Waals surface area contributed by atoms with Crippen molar-refractivity contribution >= 4 is 5.91 Å². The van der Waals surface area contributed by atoms with Gasteiger partial charge in [0, 0.05) is 42.2 Å². The highest BCUT2D eigenvalue weighted by atomic mass is 16.2. The molecule has 3 aromatic rings. The lowest BCUT2D eigenvalue weighted by atomic mass is 9.95. The molecule has 1 aromatic carbocycles. The second kappa shape index (κ2) is 6.57. The van der Waals surface area contributed by atoms with E-state index in [1.807, 2.05) is 35.4 Å². The van der Waals surface area contributed by atoms with Crippen molar-refractivity contribution in [1.82, 2.24) is 29.6 Å². The van der Waals surface area contributed by atoms with E-state index in [1.165, 1.54) is 6.33 Å². The van der Waals surface area contributed by atoms with E-state index in [0.29, 0.717) is 18.7 Å². The fraction of sp³-hybridized carbons (Fsp3) is 0.350. The molecule has 0 radical (unpaired) electrons. The van der Waals surface area contributed by atoms with Gasteiger partial charge in [-0.2, -0.15) is 5.10 Å². The first-order valence-electron chi connectivity index (χ1n) is 9.01. The van der Waals surface area contributed by atoms with Gasteiger partial charge in [0.15, 0.2) is 0 Å². The molecular weight excluding hydrogens is 340 g/mol. The summed E-state index contributed by atoms with van der Waals surface area (Å²) >= 11 is 0. The fourth-order valence-electron chi connectivity index (χ4n) is 3.13. The Morgan fingerprint density at radius 1 is 1.15 bits per heavy atom. The predicted molar refractivity (Wildman–Crippen MR) is 101 cm³/mol. The zero-order chi connectivity index (χ0) is 19.0. The number of benzene rings is 1. The van der Waals surface area contributed by atoms with Crippen molar-refractivity contribution in [2.75, 3.05) is 6.54 Å². The molecule has 1 aliphatic heterocycles. The highest BCUT2D eigenvalue weighted by Crippen LogP contribution is 2.23. The van der Waals surface area contributed by atoms with Crippen molar-refractivity contribution in [1.29, 1.82) is 0 Å². The lowest BCUT2D eigenvalue weighted by molar-refractivity contribution is 0.0733. The average Bonchev–Trinajstić information content (AvgIpc) is 3.21. The minimum Gasteiger partial charge on any atom is -0.334 e. The first-order valence-corrected chi connectivity index (χ1v) is 9.01. The molecule has 7 nitrogen and oxygen atoms in total. The molecule has 0 bridgehead atoms. The zero-order valence-electron chi connectivity index (χ0n) is 15.8. The first-order chi connectivity index (χ1) is 12.9. The summed E-state index contributed by atoms with van der Waals surface area (Å²) in [6.07, 6.45) is 5.74. The van der Waals surface area contributed by atoms with Crippen LogP contribution in [0.25, 0.3) is 5.69 Å². The summed E-state index contributed by atoms with van der Waals surface area (Å²) in [7, 11) is 0. The highest BCUT2D eigenvalue weighted by Gasteiger charge is 2.25. The number of hydrogen-bond acceptors (Lipinski definition) is 5. The molecule has 0 atom stereocenters. The second-order valence-electron chi connectivity index (χ2n) is 7.78. The zero-order valence-corrected chi connectivity index (χ0v) is 15.8. The first kappa shape index (κ1) is 17.3. The van der Waals surface area contributed by atoms with Gasteiger partial charge < -0.3 is 4.90 Å². The smallest absolute Gasteiger partial charge is 0.254 e. The van der Waals surface area contributed by atoms with Crippen molar-refractivity contribution < 1.29 is 4.79 Å². The quantitative estimate of drug-likeness (QED) is 0.700. The number of aromatic nitrogens is 5. The van der Waals surface area contributed by atoms with E-state index in [4.69, 9.17) is 4.98 Å². The van der Waals surface area contributed by atoms with E-state index in [1.54, 1.807) is 11.0 Å². The highest BCUT2D eigenvalue weighted by molar-refractivity contribution is 5.94. The Hall–Kier alpha value is -3.09. The number of carbonyl (C=O) groups excluding carboxylic acids is 1. The SMILES string of the molecule is CC(C)(C)c1ncc2c(n1)CCN(C(=O)c1ccc(-n3cncn3)cc1)C2. The van der Waals surface area contributed by atoms with Crippen molar-refractivity contribution in [3.8, 4) is 5.69 Å². The molecule has 1 amide bonds. The third kappa shape index (κ3) is 3.45. The minimum absolute atomic E-state index is 0.0192. The number of hydrogen-bond donors (Lipinski definition) is 0. The molecule has 0 spiro atoms. The Balaban J connectivity index is 1.51. The number of amides is 1. The topological polar surface area (TPSA) is 76.8 Å². The van der Waals surface area contributed by atoms with Crippen molar-refractivity contribution in [2.45, 2.75) is 39.2 Å². The van der Waals surface area contributed by atoms with Crippen LogP contribution in [0.15, 0.2) is 43.1 Å². The molecule has 0 aliphatic carbocycles. The fourth-order valence-corrected chi connectivity index (χ4v) is 3.13. The summed E-state index contributed by atoms with van der Waals surface area (Å²) in [5.41, 5.74) is 3.54. The Bertz CT molecular complexity index is 957. The maximum Gasteiger partial charge on any atom is 0.254 e. The van der Waals surface area contributed by atoms with Gasteiger partial charge in [-0.1, -0.05) is 20.8 Å². The standard InChI is InChI=1S/C20H22N6O/c1-20(2,3)19-22-10-15-11-25(9-8-17(15)24-19)18(27)14-4-6-16(7-5-14)26-13-21-12-23-26/h4-7,10,12-13H,8-9,11H2,1-3H3. The van der Waals surface area contributed by atoms with Crippen LogP contribution in [0.1, 0.15) is 48.2 Å². The summed E-state index contributed by atoms with van der Waals surface area (Å²) in [6, 6.07) is 7.40. The minimum atomic E-state index is -0.0756. The van der Waals surface area contributed by atoms with Crippen LogP contribution in [0, 0.1) is 0 Å². The van der Waals surface area contributed by atoms with E-state index in [0.717, 1.165) is 29.2 Å². The molecule has 0 saturated carbocycles. The largest absolute Gasteiger partial charge is 0.334 e. The van der Waals surface area contributed by atoms with E-state index in [2.05, 4.69) is 35.8 Å². The average molecular weight is 362 g/mol. The van der Waals surface area contributed by atoms with Crippen LogP contribution in [-0.2, 0) is 18.4 Å². The van der Waals surface area contributed by atoms with E-state index in [-0.39, 0.29) is 11.3 Å². The van der Waals surface area contributed by atoms with Gasteiger partial charge in [-0.05, 0) is 24.3 Å². The molecule has 138 valence electrons. The number of carbonyl (C=O) groups is 1. The second-order valence-corrected chi connectivity index (χ2v) is 7.78. The van der Waals surface area contributed by atoms with Crippen LogP contribution < -0.4 is 0 Å². The van der Waals surface area contributed by atoms with Gasteiger partial charge >= 0.3 is 0 Å². The summed E-state index contributed by atoms with van der Waals surface area (Å²) in [6.45, 7) is 7.53. The van der Waals surface area contributed by atoms with Gasteiger partial charge in [0.2, 0.25) is 0 Å². The normalized spacial score (nSPS) is 14.1. The van der Waals surface area contributed by atoms with Crippen LogP contribution in [-0.4, -0.2) is 42.1 Å². The number of rotatable bonds is 2. The Morgan fingerprint density at radius 2 is 1.93 bits per heavy atom. The van der Waals surface area contributed by atoms with Gasteiger partial charge in [0.1, 0.15) is 18.5 Å². The maximum atomic E-state index is 12.9. The van der Waals surface area contributed by atoms with Gasteiger partial charge in [0.05, 0.1) is 11.4 Å². The molecule has 0 saturated heterocycles. The molecule has 0 N–H and O–H groups in total. The van der Waals surface area contributed by atoms with Gasteiger partial charge in [-0.15, -0.1) is 0 Å². The molecule has 7 heteroatoms. The molecular formula is C20H22N6O. The molecule has 27 heavy (non-hydrogen) atoms. The Kier molecular flexibility index (Phi) is 4.22. The molecule has 4 rings (SSSR count). The summed E-state index contributed by atoms with van der Waals surface area (Å²) in [5.74, 6) is 0.871. The number of nitrogens with zero attached hydrogens (tertiary/aromatic N) is 6. The van der Waals surface area contributed by atoms with Gasteiger partial charge in [0.25, 0.3) is 5.91 Å². The van der Waals surface area contributed by atoms with Crippen LogP contribution in [0.3, 0.4) is 0 Å². The maximum absolute atomic E-state index is 12.9. The molecule has 0 fully saturated rings. The van der Waals surface area contributed by atoms with Crippen LogP contribution in [0.5, 0.6) is 0 Å². The Morgan fingerprint density at radius 3 is 2.59 bits per heavy atom. The van der Waals surface area contributed by atoms with Crippen LogP contribution >= 0.6 is 0 Å². The molecule has 3 heterocycles. The van der Waals surface area contributed by atoms with Gasteiger partial charge in [-0.25, -0.2) is 19.6 Å². The third-order valence-electron chi connectivity index (χ3n) is 4.69. The molecule has 2 aromatic heterocycles. The van der Waals surface area contributed by atoms with Crippen LogP contribution in [0.4, 0.5) is 0 Å². The van der Waals surface area contributed by atoms with Gasteiger partial charge in [-0.3, -0.25) is 4.79 Å². The van der Waals surface area contributed by atoms with Crippen LogP contribution in [0.2, 0.25) is 0 Å². The monoisotopic (exact) mass is 362 g/mol. The van der Waals surface area contributed by atoms with Crippen molar-refractivity contribution in [3.05, 3.63) is 65.8 Å². The Labute approximate surface area is 158 Å². The number of fused-ring (bicyclic) bond motifs is 1. The van der Waals surface area contributed by atoms with E-state index < -0.39 is 0 Å². The summed E-state index contributed by atoms with van der Waals surface area (Å²) < 4.78 is 1.66. The lowest BCUT2D eigenvalue weighted by Crippen LogP contribution is -2.37. The predicted octanol–water partition coefficient (Wildman–Crippen LogP) is 2.55.